The first-order valence-electron chi connectivity index (χ1n) is 6.39. The van der Waals surface area contributed by atoms with Crippen molar-refractivity contribution < 1.29 is 14.3 Å². The summed E-state index contributed by atoms with van der Waals surface area (Å²) in [6.07, 6.45) is 1.41. The minimum atomic E-state index is -0.601. The number of ketones is 1. The standard InChI is InChI=1S/C15H18BrNO3/c1-4-20-15(19)13(14(18)10(2)3)9-17-12-7-5-11(16)6-8-12/h5-10,17H,4H2,1-3H3. The number of hydrogen-bond acceptors (Lipinski definition) is 4. The smallest absolute Gasteiger partial charge is 0.343 e. The second-order valence-electron chi connectivity index (χ2n) is 4.45. The molecule has 0 saturated heterocycles. The van der Waals surface area contributed by atoms with E-state index in [1.54, 1.807) is 20.8 Å². The van der Waals surface area contributed by atoms with Gasteiger partial charge in [0.05, 0.1) is 6.61 Å². The SMILES string of the molecule is CCOC(=O)C(=CNc1ccc(Br)cc1)C(=O)C(C)C. The molecule has 0 fully saturated rings. The normalized spacial score (nSPS) is 11.3. The van der Waals surface area contributed by atoms with Crippen LogP contribution in [0.5, 0.6) is 0 Å². The van der Waals surface area contributed by atoms with Gasteiger partial charge in [-0.15, -0.1) is 0 Å². The maximum atomic E-state index is 12.0. The van der Waals surface area contributed by atoms with E-state index in [2.05, 4.69) is 21.2 Å². The van der Waals surface area contributed by atoms with Gasteiger partial charge in [0.1, 0.15) is 5.57 Å². The van der Waals surface area contributed by atoms with Crippen molar-refractivity contribution >= 4 is 33.4 Å². The molecule has 5 heteroatoms. The van der Waals surface area contributed by atoms with Crippen molar-refractivity contribution in [2.24, 2.45) is 5.92 Å². The molecule has 1 N–H and O–H groups in total. The molecule has 0 radical (unpaired) electrons. The van der Waals surface area contributed by atoms with Gasteiger partial charge in [-0.2, -0.15) is 0 Å². The van der Waals surface area contributed by atoms with E-state index in [4.69, 9.17) is 4.74 Å². The zero-order valence-corrected chi connectivity index (χ0v) is 13.4. The van der Waals surface area contributed by atoms with Crippen LogP contribution in [0.1, 0.15) is 20.8 Å². The van der Waals surface area contributed by atoms with E-state index in [9.17, 15) is 9.59 Å². The Labute approximate surface area is 127 Å². The van der Waals surface area contributed by atoms with Crippen LogP contribution in [-0.2, 0) is 14.3 Å². The Balaban J connectivity index is 2.92. The number of esters is 1. The lowest BCUT2D eigenvalue weighted by Gasteiger charge is -2.09. The lowest BCUT2D eigenvalue weighted by atomic mass is 10.0. The number of hydrogen-bond donors (Lipinski definition) is 1. The largest absolute Gasteiger partial charge is 0.462 e. The third-order valence-corrected chi connectivity index (χ3v) is 3.04. The maximum Gasteiger partial charge on any atom is 0.343 e. The van der Waals surface area contributed by atoms with E-state index < -0.39 is 5.97 Å². The van der Waals surface area contributed by atoms with E-state index in [1.807, 2.05) is 24.3 Å². The second-order valence-corrected chi connectivity index (χ2v) is 5.36. The monoisotopic (exact) mass is 339 g/mol. The molecule has 0 spiro atoms. The highest BCUT2D eigenvalue weighted by Crippen LogP contribution is 2.15. The molecular weight excluding hydrogens is 322 g/mol. The number of rotatable bonds is 6. The van der Waals surface area contributed by atoms with Gasteiger partial charge >= 0.3 is 5.97 Å². The van der Waals surface area contributed by atoms with Crippen LogP contribution in [0.3, 0.4) is 0 Å². The molecule has 0 aliphatic rings. The molecule has 0 aliphatic heterocycles. The number of nitrogens with one attached hydrogen (secondary N) is 1. The number of anilines is 1. The highest BCUT2D eigenvalue weighted by Gasteiger charge is 2.21. The van der Waals surface area contributed by atoms with Gasteiger partial charge in [0.25, 0.3) is 0 Å². The highest BCUT2D eigenvalue weighted by molar-refractivity contribution is 9.10. The van der Waals surface area contributed by atoms with Gasteiger partial charge in [-0.25, -0.2) is 4.79 Å². The van der Waals surface area contributed by atoms with Crippen LogP contribution in [0.4, 0.5) is 5.69 Å². The van der Waals surface area contributed by atoms with Crippen molar-refractivity contribution in [3.05, 3.63) is 40.5 Å². The molecule has 108 valence electrons. The third-order valence-electron chi connectivity index (χ3n) is 2.51. The van der Waals surface area contributed by atoms with Gasteiger partial charge in [-0.05, 0) is 31.2 Å². The van der Waals surface area contributed by atoms with E-state index in [0.717, 1.165) is 10.2 Å². The Morgan fingerprint density at radius 1 is 1.30 bits per heavy atom. The summed E-state index contributed by atoms with van der Waals surface area (Å²) >= 11 is 3.34. The van der Waals surface area contributed by atoms with Crippen LogP contribution in [0.25, 0.3) is 0 Å². The van der Waals surface area contributed by atoms with Crippen molar-refractivity contribution in [3.8, 4) is 0 Å². The fraction of sp³-hybridized carbons (Fsp3) is 0.333. The summed E-state index contributed by atoms with van der Waals surface area (Å²) in [7, 11) is 0. The molecule has 0 atom stereocenters. The molecule has 1 rings (SSSR count). The molecule has 0 aliphatic carbocycles. The Hall–Kier alpha value is -1.62. The number of carbonyl (C=O) groups is 2. The molecule has 0 saturated carbocycles. The fourth-order valence-corrected chi connectivity index (χ4v) is 1.72. The van der Waals surface area contributed by atoms with Crippen molar-refractivity contribution in [3.63, 3.8) is 0 Å². The lowest BCUT2D eigenvalue weighted by molar-refractivity contribution is -0.140. The lowest BCUT2D eigenvalue weighted by Crippen LogP contribution is -2.21. The van der Waals surface area contributed by atoms with Gasteiger partial charge in [-0.3, -0.25) is 4.79 Å². The number of halogens is 1. The summed E-state index contributed by atoms with van der Waals surface area (Å²) in [6, 6.07) is 7.40. The molecule has 0 aromatic heterocycles. The van der Waals surface area contributed by atoms with Crippen LogP contribution in [-0.4, -0.2) is 18.4 Å². The van der Waals surface area contributed by atoms with E-state index in [-0.39, 0.29) is 23.9 Å². The predicted molar refractivity (Wildman–Crippen MR) is 82.3 cm³/mol. The van der Waals surface area contributed by atoms with Crippen LogP contribution in [0.2, 0.25) is 0 Å². The molecule has 20 heavy (non-hydrogen) atoms. The number of ether oxygens (including phenoxy) is 1. The Bertz CT molecular complexity index is 506. The van der Waals surface area contributed by atoms with E-state index in [0.29, 0.717) is 0 Å². The van der Waals surface area contributed by atoms with Crippen LogP contribution in [0.15, 0.2) is 40.5 Å². The maximum absolute atomic E-state index is 12.0. The molecule has 1 aromatic rings. The molecule has 0 heterocycles. The van der Waals surface area contributed by atoms with E-state index in [1.165, 1.54) is 6.20 Å². The van der Waals surface area contributed by atoms with Gasteiger partial charge in [0.2, 0.25) is 0 Å². The molecule has 4 nitrogen and oxygen atoms in total. The Morgan fingerprint density at radius 3 is 2.40 bits per heavy atom. The fourth-order valence-electron chi connectivity index (χ4n) is 1.45. The molecule has 0 bridgehead atoms. The zero-order valence-electron chi connectivity index (χ0n) is 11.8. The van der Waals surface area contributed by atoms with Gasteiger partial charge in [0.15, 0.2) is 5.78 Å². The topological polar surface area (TPSA) is 55.4 Å². The Kier molecular flexibility index (Phi) is 6.45. The summed E-state index contributed by atoms with van der Waals surface area (Å²) in [4.78, 5) is 23.8. The third kappa shape index (κ3) is 4.81. The first-order valence-corrected chi connectivity index (χ1v) is 7.18. The van der Waals surface area contributed by atoms with Gasteiger partial charge < -0.3 is 10.1 Å². The predicted octanol–water partition coefficient (Wildman–Crippen LogP) is 3.53. The zero-order chi connectivity index (χ0) is 15.1. The molecule has 1 aromatic carbocycles. The summed E-state index contributed by atoms with van der Waals surface area (Å²) in [5.41, 5.74) is 0.816. The number of benzene rings is 1. The highest BCUT2D eigenvalue weighted by atomic mass is 79.9. The van der Waals surface area contributed by atoms with Crippen molar-refractivity contribution in [1.29, 1.82) is 0 Å². The minimum Gasteiger partial charge on any atom is -0.462 e. The summed E-state index contributed by atoms with van der Waals surface area (Å²) in [6.45, 7) is 5.43. The average molecular weight is 340 g/mol. The minimum absolute atomic E-state index is 0.0322. The van der Waals surface area contributed by atoms with Crippen molar-refractivity contribution in [2.75, 3.05) is 11.9 Å². The van der Waals surface area contributed by atoms with Crippen LogP contribution >= 0.6 is 15.9 Å². The van der Waals surface area contributed by atoms with E-state index >= 15 is 0 Å². The van der Waals surface area contributed by atoms with Crippen LogP contribution in [0, 0.1) is 5.92 Å². The molecular formula is C15H18BrNO3. The van der Waals surface area contributed by atoms with Gasteiger partial charge in [-0.1, -0.05) is 29.8 Å². The van der Waals surface area contributed by atoms with Crippen molar-refractivity contribution in [2.45, 2.75) is 20.8 Å². The number of Topliss-reactive ketones (excluding diaryl/α,β-unsaturated/α-hetero) is 1. The average Bonchev–Trinajstić information content (AvgIpc) is 2.41. The number of carbonyl (C=O) groups excluding carboxylic acids is 2. The molecule has 0 unspecified atom stereocenters. The Morgan fingerprint density at radius 2 is 1.90 bits per heavy atom. The summed E-state index contributed by atoms with van der Waals surface area (Å²) in [5.74, 6) is -1.11. The summed E-state index contributed by atoms with van der Waals surface area (Å²) in [5, 5.41) is 2.94. The second kappa shape index (κ2) is 7.85. The van der Waals surface area contributed by atoms with Crippen molar-refractivity contribution in [1.82, 2.24) is 0 Å². The quantitative estimate of drug-likeness (QED) is 0.373. The first kappa shape index (κ1) is 16.4. The van der Waals surface area contributed by atoms with Gasteiger partial charge in [0, 0.05) is 22.3 Å². The van der Waals surface area contributed by atoms with Crippen LogP contribution < -0.4 is 5.32 Å². The first-order chi connectivity index (χ1) is 9.45. The summed E-state index contributed by atoms with van der Waals surface area (Å²) < 4.78 is 5.86. The molecule has 0 amide bonds.